The van der Waals surface area contributed by atoms with Crippen LogP contribution in [0.15, 0.2) is 5.16 Å². The zero-order valence-electron chi connectivity index (χ0n) is 13.0. The van der Waals surface area contributed by atoms with Crippen molar-refractivity contribution in [1.82, 2.24) is 19.9 Å². The minimum Gasteiger partial charge on any atom is -0.448 e. The van der Waals surface area contributed by atoms with E-state index >= 15 is 0 Å². The summed E-state index contributed by atoms with van der Waals surface area (Å²) in [6.45, 7) is 4.69. The predicted octanol–water partition coefficient (Wildman–Crippen LogP) is 1.52. The van der Waals surface area contributed by atoms with Crippen molar-refractivity contribution in [3.05, 3.63) is 0 Å². The molecule has 1 rings (SSSR count). The van der Waals surface area contributed by atoms with E-state index in [2.05, 4.69) is 25.6 Å². The molecule has 8 nitrogen and oxygen atoms in total. The van der Waals surface area contributed by atoms with Crippen molar-refractivity contribution < 1.29 is 9.53 Å². The standard InChI is InChI=1S/C12H22N6O2S/c1-8(2)14-10-15-9(16-11(17-10)21-5)13-6-7-20-12(19)18(3)4/h8H,6-7H2,1-5H3,(H2,13,14,15,16,17). The molecule has 0 spiro atoms. The Hall–Kier alpha value is -1.77. The van der Waals surface area contributed by atoms with E-state index in [4.69, 9.17) is 4.74 Å². The van der Waals surface area contributed by atoms with Crippen molar-refractivity contribution >= 4 is 29.8 Å². The number of ether oxygens (including phenoxy) is 1. The van der Waals surface area contributed by atoms with Gasteiger partial charge in [0.05, 0.1) is 6.54 Å². The molecular formula is C12H22N6O2S. The Balaban J connectivity index is 2.55. The summed E-state index contributed by atoms with van der Waals surface area (Å²) in [6.07, 6.45) is 1.52. The van der Waals surface area contributed by atoms with E-state index in [1.807, 2.05) is 20.1 Å². The first-order valence-corrected chi connectivity index (χ1v) is 7.79. The van der Waals surface area contributed by atoms with Gasteiger partial charge in [-0.1, -0.05) is 11.8 Å². The van der Waals surface area contributed by atoms with Gasteiger partial charge in [0.25, 0.3) is 0 Å². The Kier molecular flexibility index (Phi) is 7.00. The van der Waals surface area contributed by atoms with Gasteiger partial charge in [0.1, 0.15) is 6.61 Å². The van der Waals surface area contributed by atoms with Crippen LogP contribution in [0.1, 0.15) is 13.8 Å². The van der Waals surface area contributed by atoms with E-state index in [0.29, 0.717) is 23.6 Å². The predicted molar refractivity (Wildman–Crippen MR) is 83.9 cm³/mol. The van der Waals surface area contributed by atoms with Crippen LogP contribution in [-0.4, -0.2) is 65.5 Å². The first kappa shape index (κ1) is 17.3. The van der Waals surface area contributed by atoms with Gasteiger partial charge >= 0.3 is 6.09 Å². The minimum atomic E-state index is -0.376. The molecule has 0 bridgehead atoms. The molecule has 1 heterocycles. The van der Waals surface area contributed by atoms with E-state index in [1.165, 1.54) is 16.7 Å². The van der Waals surface area contributed by atoms with E-state index in [1.54, 1.807) is 14.1 Å². The summed E-state index contributed by atoms with van der Waals surface area (Å²) >= 11 is 1.44. The van der Waals surface area contributed by atoms with Gasteiger partial charge in [-0.3, -0.25) is 0 Å². The van der Waals surface area contributed by atoms with Crippen LogP contribution < -0.4 is 10.6 Å². The molecule has 1 aromatic rings. The Bertz CT molecular complexity index is 469. The molecule has 0 aliphatic rings. The van der Waals surface area contributed by atoms with E-state index in [-0.39, 0.29) is 18.7 Å². The Morgan fingerprint density at radius 2 is 1.95 bits per heavy atom. The molecular weight excluding hydrogens is 292 g/mol. The number of hydrogen-bond acceptors (Lipinski definition) is 8. The van der Waals surface area contributed by atoms with Crippen LogP contribution in [0.4, 0.5) is 16.7 Å². The van der Waals surface area contributed by atoms with E-state index in [0.717, 1.165) is 0 Å². The topological polar surface area (TPSA) is 92.3 Å². The molecule has 21 heavy (non-hydrogen) atoms. The maximum absolute atomic E-state index is 11.3. The summed E-state index contributed by atoms with van der Waals surface area (Å²) in [4.78, 5) is 25.4. The lowest BCUT2D eigenvalue weighted by Crippen LogP contribution is -2.25. The molecule has 1 amide bonds. The summed E-state index contributed by atoms with van der Waals surface area (Å²) < 4.78 is 5.01. The second-order valence-electron chi connectivity index (χ2n) is 4.70. The van der Waals surface area contributed by atoms with Gasteiger partial charge in [-0.15, -0.1) is 0 Å². The minimum absolute atomic E-state index is 0.232. The highest BCUT2D eigenvalue weighted by Crippen LogP contribution is 2.13. The number of thioether (sulfide) groups is 1. The number of aromatic nitrogens is 3. The molecule has 0 atom stereocenters. The number of rotatable bonds is 7. The number of anilines is 2. The highest BCUT2D eigenvalue weighted by Gasteiger charge is 2.07. The van der Waals surface area contributed by atoms with E-state index < -0.39 is 0 Å². The largest absolute Gasteiger partial charge is 0.448 e. The third-order valence-electron chi connectivity index (χ3n) is 2.19. The monoisotopic (exact) mass is 314 g/mol. The summed E-state index contributed by atoms with van der Waals surface area (Å²) in [5.74, 6) is 0.982. The Labute approximate surface area is 129 Å². The average Bonchev–Trinajstić information content (AvgIpc) is 2.42. The fourth-order valence-electron chi connectivity index (χ4n) is 1.28. The number of hydrogen-bond donors (Lipinski definition) is 2. The summed E-state index contributed by atoms with van der Waals surface area (Å²) in [6, 6.07) is 0.232. The highest BCUT2D eigenvalue weighted by atomic mass is 32.2. The van der Waals surface area contributed by atoms with Gasteiger partial charge in [0.2, 0.25) is 11.9 Å². The van der Waals surface area contributed by atoms with Crippen molar-refractivity contribution in [2.75, 3.05) is 44.1 Å². The van der Waals surface area contributed by atoms with Gasteiger partial charge in [0, 0.05) is 20.1 Å². The summed E-state index contributed by atoms with van der Waals surface area (Å²) in [5.41, 5.74) is 0. The van der Waals surface area contributed by atoms with Gasteiger partial charge in [-0.25, -0.2) is 4.79 Å². The van der Waals surface area contributed by atoms with Crippen LogP contribution in [0.3, 0.4) is 0 Å². The van der Waals surface area contributed by atoms with Gasteiger partial charge in [-0.05, 0) is 20.1 Å². The number of carbonyl (C=O) groups excluding carboxylic acids is 1. The fraction of sp³-hybridized carbons (Fsp3) is 0.667. The number of carbonyl (C=O) groups is 1. The number of nitrogens with zero attached hydrogens (tertiary/aromatic N) is 4. The first-order chi connectivity index (χ1) is 9.92. The Morgan fingerprint density at radius 3 is 2.52 bits per heavy atom. The highest BCUT2D eigenvalue weighted by molar-refractivity contribution is 7.98. The van der Waals surface area contributed by atoms with Crippen molar-refractivity contribution in [2.24, 2.45) is 0 Å². The first-order valence-electron chi connectivity index (χ1n) is 6.57. The molecule has 1 aromatic heterocycles. The molecule has 0 aliphatic heterocycles. The summed E-state index contributed by atoms with van der Waals surface area (Å²) in [5, 5.41) is 6.78. The molecule has 0 unspecified atom stereocenters. The SMILES string of the molecule is CSc1nc(NCCOC(=O)N(C)C)nc(NC(C)C)n1. The van der Waals surface area contributed by atoms with Crippen LogP contribution >= 0.6 is 11.8 Å². The molecule has 0 saturated carbocycles. The lowest BCUT2D eigenvalue weighted by Gasteiger charge is -2.12. The third kappa shape index (κ3) is 6.48. The van der Waals surface area contributed by atoms with Crippen LogP contribution in [0.5, 0.6) is 0 Å². The molecule has 0 fully saturated rings. The van der Waals surface area contributed by atoms with Crippen LogP contribution in [-0.2, 0) is 4.74 Å². The smallest absolute Gasteiger partial charge is 0.409 e. The maximum atomic E-state index is 11.3. The van der Waals surface area contributed by atoms with Crippen LogP contribution in [0.2, 0.25) is 0 Å². The molecule has 9 heteroatoms. The zero-order valence-corrected chi connectivity index (χ0v) is 13.8. The zero-order chi connectivity index (χ0) is 15.8. The van der Waals surface area contributed by atoms with Gasteiger partial charge in [0.15, 0.2) is 5.16 Å². The van der Waals surface area contributed by atoms with Crippen LogP contribution in [0.25, 0.3) is 0 Å². The fourth-order valence-corrected chi connectivity index (χ4v) is 1.64. The lowest BCUT2D eigenvalue weighted by atomic mass is 10.4. The van der Waals surface area contributed by atoms with E-state index in [9.17, 15) is 4.79 Å². The maximum Gasteiger partial charge on any atom is 0.409 e. The molecule has 118 valence electrons. The van der Waals surface area contributed by atoms with Crippen molar-refractivity contribution in [1.29, 1.82) is 0 Å². The van der Waals surface area contributed by atoms with Gasteiger partial charge in [-0.2, -0.15) is 15.0 Å². The normalized spacial score (nSPS) is 10.4. The average molecular weight is 314 g/mol. The molecule has 0 aromatic carbocycles. The molecule has 0 saturated heterocycles. The van der Waals surface area contributed by atoms with Crippen molar-refractivity contribution in [2.45, 2.75) is 25.0 Å². The second-order valence-corrected chi connectivity index (χ2v) is 5.48. The van der Waals surface area contributed by atoms with Crippen molar-refractivity contribution in [3.63, 3.8) is 0 Å². The van der Waals surface area contributed by atoms with Gasteiger partial charge < -0.3 is 20.3 Å². The van der Waals surface area contributed by atoms with Crippen LogP contribution in [0, 0.1) is 0 Å². The molecule has 0 radical (unpaired) electrons. The lowest BCUT2D eigenvalue weighted by molar-refractivity contribution is 0.122. The summed E-state index contributed by atoms with van der Waals surface area (Å²) in [7, 11) is 3.27. The number of nitrogens with one attached hydrogen (secondary N) is 2. The van der Waals surface area contributed by atoms with Crippen molar-refractivity contribution in [3.8, 4) is 0 Å². The number of amides is 1. The quantitative estimate of drug-likeness (QED) is 0.578. The third-order valence-corrected chi connectivity index (χ3v) is 2.74. The molecule has 2 N–H and O–H groups in total. The Morgan fingerprint density at radius 1 is 1.29 bits per heavy atom. The molecule has 0 aliphatic carbocycles. The second kappa shape index (κ2) is 8.50.